The first kappa shape index (κ1) is 18.5. The number of ether oxygens (including phenoxy) is 1. The molecule has 0 spiro atoms. The maximum absolute atomic E-state index is 12.0. The number of benzene rings is 2. The van der Waals surface area contributed by atoms with E-state index in [-0.39, 0.29) is 11.8 Å². The number of para-hydroxylation sites is 1. The molecule has 0 atom stereocenters. The molecule has 2 aromatic carbocycles. The van der Waals surface area contributed by atoms with Gasteiger partial charge in [0.05, 0.1) is 6.61 Å². The summed E-state index contributed by atoms with van der Waals surface area (Å²) in [5.74, 6) is 0.770. The summed E-state index contributed by atoms with van der Waals surface area (Å²) in [7, 11) is 1.75. The highest BCUT2D eigenvalue weighted by Crippen LogP contribution is 2.13. The number of hydrogen-bond acceptors (Lipinski definition) is 3. The van der Waals surface area contributed by atoms with Crippen molar-refractivity contribution in [3.8, 4) is 5.75 Å². The number of nitrogens with one attached hydrogen (secondary N) is 1. The summed E-state index contributed by atoms with van der Waals surface area (Å²) in [5.41, 5.74) is 1.71. The van der Waals surface area contributed by atoms with Gasteiger partial charge in [-0.05, 0) is 36.2 Å². The Kier molecular flexibility index (Phi) is 7.01. The lowest BCUT2D eigenvalue weighted by Gasteiger charge is -2.15. The quantitative estimate of drug-likeness (QED) is 0.749. The van der Waals surface area contributed by atoms with E-state index in [1.807, 2.05) is 54.6 Å². The van der Waals surface area contributed by atoms with Crippen LogP contribution in [-0.2, 0) is 16.1 Å². The molecule has 2 rings (SSSR count). The number of rotatable bonds is 8. The number of nitrogens with zero attached hydrogens (tertiary/aromatic N) is 1. The fourth-order valence-corrected chi connectivity index (χ4v) is 2.30. The first-order chi connectivity index (χ1) is 12.0. The molecule has 0 bridgehead atoms. The fourth-order valence-electron chi connectivity index (χ4n) is 2.30. The van der Waals surface area contributed by atoms with E-state index in [4.69, 9.17) is 4.74 Å². The van der Waals surface area contributed by atoms with Crippen LogP contribution in [0.4, 0.5) is 5.69 Å². The molecule has 2 amide bonds. The van der Waals surface area contributed by atoms with Gasteiger partial charge in [0.2, 0.25) is 11.8 Å². The molecule has 0 aliphatic heterocycles. The van der Waals surface area contributed by atoms with Gasteiger partial charge in [-0.2, -0.15) is 0 Å². The van der Waals surface area contributed by atoms with Crippen molar-refractivity contribution in [1.29, 1.82) is 0 Å². The summed E-state index contributed by atoms with van der Waals surface area (Å²) in [6.07, 6.45) is 1.04. The molecule has 0 aliphatic carbocycles. The lowest BCUT2D eigenvalue weighted by molar-refractivity contribution is -0.128. The Morgan fingerprint density at radius 2 is 1.84 bits per heavy atom. The smallest absolute Gasteiger partial charge is 0.224 e. The Hall–Kier alpha value is -2.82. The molecule has 25 heavy (non-hydrogen) atoms. The van der Waals surface area contributed by atoms with Gasteiger partial charge >= 0.3 is 0 Å². The van der Waals surface area contributed by atoms with Crippen LogP contribution in [0.1, 0.15) is 25.3 Å². The zero-order chi connectivity index (χ0) is 18.1. The van der Waals surface area contributed by atoms with Crippen molar-refractivity contribution < 1.29 is 14.3 Å². The number of amides is 2. The van der Waals surface area contributed by atoms with Gasteiger partial charge in [0.15, 0.2) is 0 Å². The summed E-state index contributed by atoms with van der Waals surface area (Å²) >= 11 is 0. The highest BCUT2D eigenvalue weighted by atomic mass is 16.5. The van der Waals surface area contributed by atoms with Gasteiger partial charge in [-0.25, -0.2) is 0 Å². The second-order valence-electron chi connectivity index (χ2n) is 5.89. The molecule has 132 valence electrons. The molecule has 0 fully saturated rings. The molecule has 0 unspecified atom stereocenters. The Morgan fingerprint density at radius 3 is 2.56 bits per heavy atom. The SMILES string of the molecule is CC(=O)N(C)Cc1cccc(NC(=O)CCCOc2ccccc2)c1. The summed E-state index contributed by atoms with van der Waals surface area (Å²) in [6.45, 7) is 2.55. The maximum Gasteiger partial charge on any atom is 0.224 e. The van der Waals surface area contributed by atoms with Crippen molar-refractivity contribution in [2.24, 2.45) is 0 Å². The van der Waals surface area contributed by atoms with E-state index >= 15 is 0 Å². The number of carbonyl (C=O) groups is 2. The van der Waals surface area contributed by atoms with Gasteiger partial charge in [-0.1, -0.05) is 30.3 Å². The van der Waals surface area contributed by atoms with Crippen LogP contribution >= 0.6 is 0 Å². The standard InChI is InChI=1S/C20H24N2O3/c1-16(23)22(2)15-17-8-6-9-18(14-17)21-20(24)12-7-13-25-19-10-4-3-5-11-19/h3-6,8-11,14H,7,12-13,15H2,1-2H3,(H,21,24). The van der Waals surface area contributed by atoms with E-state index in [1.54, 1.807) is 11.9 Å². The Bertz CT molecular complexity index is 701. The molecule has 0 heterocycles. The van der Waals surface area contributed by atoms with E-state index in [0.29, 0.717) is 26.0 Å². The van der Waals surface area contributed by atoms with Crippen LogP contribution in [0.2, 0.25) is 0 Å². The van der Waals surface area contributed by atoms with Crippen LogP contribution in [0.5, 0.6) is 5.75 Å². The van der Waals surface area contributed by atoms with Crippen LogP contribution in [0.3, 0.4) is 0 Å². The van der Waals surface area contributed by atoms with Gasteiger partial charge in [0.1, 0.15) is 5.75 Å². The summed E-state index contributed by atoms with van der Waals surface area (Å²) in [4.78, 5) is 25.0. The second kappa shape index (κ2) is 9.47. The lowest BCUT2D eigenvalue weighted by atomic mass is 10.2. The van der Waals surface area contributed by atoms with Gasteiger partial charge in [0, 0.05) is 32.6 Å². The van der Waals surface area contributed by atoms with Crippen molar-refractivity contribution in [2.75, 3.05) is 19.0 Å². The molecular weight excluding hydrogens is 316 g/mol. The molecular formula is C20H24N2O3. The predicted octanol–water partition coefficient (Wildman–Crippen LogP) is 3.46. The normalized spacial score (nSPS) is 10.2. The molecule has 0 radical (unpaired) electrons. The van der Waals surface area contributed by atoms with E-state index < -0.39 is 0 Å². The van der Waals surface area contributed by atoms with Crippen LogP contribution < -0.4 is 10.1 Å². The molecule has 0 aliphatic rings. The number of anilines is 1. The van der Waals surface area contributed by atoms with Crippen molar-refractivity contribution >= 4 is 17.5 Å². The van der Waals surface area contributed by atoms with E-state index in [2.05, 4.69) is 5.32 Å². The minimum Gasteiger partial charge on any atom is -0.494 e. The highest BCUT2D eigenvalue weighted by Gasteiger charge is 2.06. The average molecular weight is 340 g/mol. The van der Waals surface area contributed by atoms with E-state index in [9.17, 15) is 9.59 Å². The zero-order valence-electron chi connectivity index (χ0n) is 14.7. The first-order valence-corrected chi connectivity index (χ1v) is 8.33. The van der Waals surface area contributed by atoms with Crippen molar-refractivity contribution in [3.63, 3.8) is 0 Å². The summed E-state index contributed by atoms with van der Waals surface area (Å²) in [5, 5.41) is 2.89. The van der Waals surface area contributed by atoms with Crippen LogP contribution in [-0.4, -0.2) is 30.4 Å². The maximum atomic E-state index is 12.0. The molecule has 1 N–H and O–H groups in total. The number of hydrogen-bond donors (Lipinski definition) is 1. The van der Waals surface area contributed by atoms with Gasteiger partial charge in [-0.3, -0.25) is 9.59 Å². The topological polar surface area (TPSA) is 58.6 Å². The Balaban J connectivity index is 1.75. The molecule has 2 aromatic rings. The van der Waals surface area contributed by atoms with Gasteiger partial charge in [-0.15, -0.1) is 0 Å². The zero-order valence-corrected chi connectivity index (χ0v) is 14.7. The highest BCUT2D eigenvalue weighted by molar-refractivity contribution is 5.90. The Morgan fingerprint density at radius 1 is 1.08 bits per heavy atom. The van der Waals surface area contributed by atoms with Crippen LogP contribution in [0.15, 0.2) is 54.6 Å². The molecule has 5 nitrogen and oxygen atoms in total. The number of carbonyl (C=O) groups excluding carboxylic acids is 2. The fraction of sp³-hybridized carbons (Fsp3) is 0.300. The third-order valence-electron chi connectivity index (χ3n) is 3.73. The molecule has 5 heteroatoms. The van der Waals surface area contributed by atoms with Gasteiger partial charge < -0.3 is 15.0 Å². The second-order valence-corrected chi connectivity index (χ2v) is 5.89. The molecule has 0 saturated carbocycles. The van der Waals surface area contributed by atoms with Gasteiger partial charge in [0.25, 0.3) is 0 Å². The molecule has 0 saturated heterocycles. The minimum absolute atomic E-state index is 0.00727. The summed E-state index contributed by atoms with van der Waals surface area (Å²) < 4.78 is 5.57. The first-order valence-electron chi connectivity index (χ1n) is 8.33. The third kappa shape index (κ3) is 6.67. The predicted molar refractivity (Wildman–Crippen MR) is 98.4 cm³/mol. The van der Waals surface area contributed by atoms with Crippen molar-refractivity contribution in [2.45, 2.75) is 26.3 Å². The monoisotopic (exact) mass is 340 g/mol. The Labute approximate surface area is 148 Å². The minimum atomic E-state index is -0.0475. The lowest BCUT2D eigenvalue weighted by Crippen LogP contribution is -2.23. The van der Waals surface area contributed by atoms with E-state index in [1.165, 1.54) is 6.92 Å². The molecule has 0 aromatic heterocycles. The largest absolute Gasteiger partial charge is 0.494 e. The van der Waals surface area contributed by atoms with Crippen LogP contribution in [0.25, 0.3) is 0 Å². The third-order valence-corrected chi connectivity index (χ3v) is 3.73. The average Bonchev–Trinajstić information content (AvgIpc) is 2.60. The summed E-state index contributed by atoms with van der Waals surface area (Å²) in [6, 6.07) is 17.1. The van der Waals surface area contributed by atoms with Crippen LogP contribution in [0, 0.1) is 0 Å². The van der Waals surface area contributed by atoms with Crippen molar-refractivity contribution in [1.82, 2.24) is 4.90 Å². The van der Waals surface area contributed by atoms with E-state index in [0.717, 1.165) is 17.0 Å². The van der Waals surface area contributed by atoms with Crippen molar-refractivity contribution in [3.05, 3.63) is 60.2 Å².